The minimum atomic E-state index is -0.173. The molecule has 1 N–H and O–H groups in total. The van der Waals surface area contributed by atoms with Crippen LogP contribution < -0.4 is 0 Å². The number of carbonyl (C=O) groups excluding carboxylic acids is 1. The molecule has 5 nitrogen and oxygen atoms in total. The quantitative estimate of drug-likeness (QED) is 0.893. The summed E-state index contributed by atoms with van der Waals surface area (Å²) in [5, 5.41) is 18.7. The summed E-state index contributed by atoms with van der Waals surface area (Å²) >= 11 is 3.30. The number of amides is 1. The van der Waals surface area contributed by atoms with Crippen molar-refractivity contribution in [2.75, 3.05) is 26.2 Å². The van der Waals surface area contributed by atoms with Crippen LogP contribution in [0.25, 0.3) is 0 Å². The van der Waals surface area contributed by atoms with E-state index in [4.69, 9.17) is 5.26 Å². The lowest BCUT2D eigenvalue weighted by atomic mass is 10.1. The van der Waals surface area contributed by atoms with Crippen LogP contribution in [-0.4, -0.2) is 53.0 Å². The molecule has 1 atom stereocenters. The van der Waals surface area contributed by atoms with Crippen LogP contribution in [0.15, 0.2) is 22.7 Å². The van der Waals surface area contributed by atoms with Gasteiger partial charge in [-0.3, -0.25) is 9.69 Å². The van der Waals surface area contributed by atoms with Gasteiger partial charge in [0.1, 0.15) is 5.75 Å². The van der Waals surface area contributed by atoms with E-state index in [2.05, 4.69) is 22.0 Å². The van der Waals surface area contributed by atoms with Crippen molar-refractivity contribution in [2.45, 2.75) is 13.0 Å². The molecule has 1 amide bonds. The van der Waals surface area contributed by atoms with E-state index in [9.17, 15) is 9.90 Å². The SMILES string of the molecule is CC(C#N)N1CCN(C(=O)c2cc(Br)ccc2O)CC1. The number of hydrogen-bond acceptors (Lipinski definition) is 4. The van der Waals surface area contributed by atoms with Gasteiger partial charge in [-0.15, -0.1) is 0 Å². The summed E-state index contributed by atoms with van der Waals surface area (Å²) in [6.45, 7) is 4.34. The number of phenolic OH excluding ortho intramolecular Hbond substituents is 1. The number of nitriles is 1. The fourth-order valence-corrected chi connectivity index (χ4v) is 2.60. The Kier molecular flexibility index (Phi) is 4.63. The van der Waals surface area contributed by atoms with E-state index in [1.54, 1.807) is 17.0 Å². The lowest BCUT2D eigenvalue weighted by Crippen LogP contribution is -2.51. The van der Waals surface area contributed by atoms with Crippen LogP contribution in [0.5, 0.6) is 5.75 Å². The number of carbonyl (C=O) groups is 1. The van der Waals surface area contributed by atoms with Gasteiger partial charge in [0.25, 0.3) is 5.91 Å². The first-order valence-electron chi connectivity index (χ1n) is 6.44. The maximum Gasteiger partial charge on any atom is 0.257 e. The summed E-state index contributed by atoms with van der Waals surface area (Å²) in [4.78, 5) is 16.1. The van der Waals surface area contributed by atoms with Crippen LogP contribution in [0.1, 0.15) is 17.3 Å². The minimum absolute atomic E-state index is 0.00831. The highest BCUT2D eigenvalue weighted by Crippen LogP contribution is 2.23. The molecule has 1 heterocycles. The molecule has 106 valence electrons. The molecule has 1 aliphatic heterocycles. The molecule has 0 radical (unpaired) electrons. The minimum Gasteiger partial charge on any atom is -0.507 e. The molecule has 0 bridgehead atoms. The number of halogens is 1. The van der Waals surface area contributed by atoms with Gasteiger partial charge in [0.05, 0.1) is 17.7 Å². The van der Waals surface area contributed by atoms with Gasteiger partial charge in [-0.1, -0.05) is 15.9 Å². The fraction of sp³-hybridized carbons (Fsp3) is 0.429. The maximum atomic E-state index is 12.4. The number of piperazine rings is 1. The lowest BCUT2D eigenvalue weighted by Gasteiger charge is -2.36. The number of phenols is 1. The Bertz CT molecular complexity index is 548. The van der Waals surface area contributed by atoms with E-state index in [0.29, 0.717) is 31.7 Å². The molecule has 1 saturated heterocycles. The van der Waals surface area contributed by atoms with Crippen molar-refractivity contribution < 1.29 is 9.90 Å². The highest BCUT2D eigenvalue weighted by molar-refractivity contribution is 9.10. The molecule has 1 aromatic rings. The second-order valence-electron chi connectivity index (χ2n) is 4.79. The Balaban J connectivity index is 2.05. The molecule has 2 rings (SSSR count). The standard InChI is InChI=1S/C14H16BrN3O2/c1-10(9-16)17-4-6-18(7-5-17)14(20)12-8-11(15)2-3-13(12)19/h2-3,8,10,19H,4-7H2,1H3. The van der Waals surface area contributed by atoms with Crippen LogP contribution in [0, 0.1) is 11.3 Å². The zero-order valence-corrected chi connectivity index (χ0v) is 12.8. The van der Waals surface area contributed by atoms with E-state index in [-0.39, 0.29) is 17.7 Å². The number of benzene rings is 1. The predicted molar refractivity (Wildman–Crippen MR) is 78.4 cm³/mol. The molecule has 1 aromatic carbocycles. The average molecular weight is 338 g/mol. The Morgan fingerprint density at radius 1 is 1.40 bits per heavy atom. The molecule has 20 heavy (non-hydrogen) atoms. The van der Waals surface area contributed by atoms with E-state index >= 15 is 0 Å². The van der Waals surface area contributed by atoms with Gasteiger partial charge < -0.3 is 10.0 Å². The zero-order chi connectivity index (χ0) is 14.7. The van der Waals surface area contributed by atoms with Gasteiger partial charge >= 0.3 is 0 Å². The summed E-state index contributed by atoms with van der Waals surface area (Å²) in [6.07, 6.45) is 0. The van der Waals surface area contributed by atoms with Gasteiger partial charge in [-0.2, -0.15) is 5.26 Å². The van der Waals surface area contributed by atoms with Gasteiger partial charge in [0.15, 0.2) is 0 Å². The van der Waals surface area contributed by atoms with Gasteiger partial charge in [0, 0.05) is 30.7 Å². The van der Waals surface area contributed by atoms with Crippen molar-refractivity contribution in [1.82, 2.24) is 9.80 Å². The molecule has 0 aliphatic carbocycles. The largest absolute Gasteiger partial charge is 0.507 e. The van der Waals surface area contributed by atoms with Crippen molar-refractivity contribution in [3.05, 3.63) is 28.2 Å². The summed E-state index contributed by atoms with van der Waals surface area (Å²) in [5.74, 6) is -0.181. The Labute approximate surface area is 126 Å². The van der Waals surface area contributed by atoms with E-state index in [1.165, 1.54) is 6.07 Å². The lowest BCUT2D eigenvalue weighted by molar-refractivity contribution is 0.0613. The molecule has 1 unspecified atom stereocenters. The Hall–Kier alpha value is -1.58. The fourth-order valence-electron chi connectivity index (χ4n) is 2.24. The van der Waals surface area contributed by atoms with Crippen molar-refractivity contribution in [2.24, 2.45) is 0 Å². The van der Waals surface area contributed by atoms with Crippen molar-refractivity contribution >= 4 is 21.8 Å². The zero-order valence-electron chi connectivity index (χ0n) is 11.2. The second-order valence-corrected chi connectivity index (χ2v) is 5.71. The summed E-state index contributed by atoms with van der Waals surface area (Å²) in [6, 6.07) is 6.90. The first-order valence-corrected chi connectivity index (χ1v) is 7.23. The average Bonchev–Trinajstić information content (AvgIpc) is 2.48. The number of hydrogen-bond donors (Lipinski definition) is 1. The van der Waals surface area contributed by atoms with E-state index in [0.717, 1.165) is 4.47 Å². The molecule has 0 aromatic heterocycles. The Morgan fingerprint density at radius 2 is 2.05 bits per heavy atom. The molecular formula is C14H16BrN3O2. The second kappa shape index (κ2) is 6.25. The smallest absolute Gasteiger partial charge is 0.257 e. The predicted octanol–water partition coefficient (Wildman–Crippen LogP) is 1.82. The molecule has 0 saturated carbocycles. The normalized spacial score (nSPS) is 17.6. The van der Waals surface area contributed by atoms with Crippen LogP contribution in [0.4, 0.5) is 0 Å². The van der Waals surface area contributed by atoms with Gasteiger partial charge in [-0.05, 0) is 25.1 Å². The van der Waals surface area contributed by atoms with Crippen molar-refractivity contribution in [1.29, 1.82) is 5.26 Å². The maximum absolute atomic E-state index is 12.4. The van der Waals surface area contributed by atoms with E-state index in [1.807, 2.05) is 11.8 Å². The number of rotatable bonds is 2. The summed E-state index contributed by atoms with van der Waals surface area (Å²) in [7, 11) is 0. The third-order valence-electron chi connectivity index (χ3n) is 3.53. The molecular weight excluding hydrogens is 322 g/mol. The summed E-state index contributed by atoms with van der Waals surface area (Å²) in [5.41, 5.74) is 0.307. The number of nitrogens with zero attached hydrogens (tertiary/aromatic N) is 3. The first-order chi connectivity index (χ1) is 9.52. The monoisotopic (exact) mass is 337 g/mol. The van der Waals surface area contributed by atoms with Crippen LogP contribution in [0.3, 0.4) is 0 Å². The third kappa shape index (κ3) is 3.11. The van der Waals surface area contributed by atoms with Crippen LogP contribution in [-0.2, 0) is 0 Å². The molecule has 6 heteroatoms. The third-order valence-corrected chi connectivity index (χ3v) is 4.02. The van der Waals surface area contributed by atoms with Crippen LogP contribution >= 0.6 is 15.9 Å². The highest BCUT2D eigenvalue weighted by atomic mass is 79.9. The first kappa shape index (κ1) is 14.8. The van der Waals surface area contributed by atoms with Crippen LogP contribution in [0.2, 0.25) is 0 Å². The van der Waals surface area contributed by atoms with Gasteiger partial charge in [-0.25, -0.2) is 0 Å². The van der Waals surface area contributed by atoms with Crippen molar-refractivity contribution in [3.63, 3.8) is 0 Å². The molecule has 1 fully saturated rings. The van der Waals surface area contributed by atoms with Gasteiger partial charge in [0.2, 0.25) is 0 Å². The molecule has 0 spiro atoms. The summed E-state index contributed by atoms with van der Waals surface area (Å²) < 4.78 is 0.760. The molecule has 1 aliphatic rings. The van der Waals surface area contributed by atoms with E-state index < -0.39 is 0 Å². The number of aromatic hydroxyl groups is 1. The van der Waals surface area contributed by atoms with Crippen molar-refractivity contribution in [3.8, 4) is 11.8 Å². The highest BCUT2D eigenvalue weighted by Gasteiger charge is 2.25. The topological polar surface area (TPSA) is 67.6 Å². The Morgan fingerprint density at radius 3 is 2.65 bits per heavy atom.